The first kappa shape index (κ1) is 9.52. The fourth-order valence-electron chi connectivity index (χ4n) is 1.82. The molecule has 70 valence electrons. The minimum Gasteiger partial charge on any atom is -0.390 e. The van der Waals surface area contributed by atoms with Crippen LogP contribution in [0.4, 0.5) is 0 Å². The van der Waals surface area contributed by atoms with Crippen molar-refractivity contribution in [2.24, 2.45) is 5.73 Å². The number of aliphatic hydroxyl groups is 1. The van der Waals surface area contributed by atoms with E-state index in [9.17, 15) is 9.90 Å². The molecular formula is C9H17NO2. The summed E-state index contributed by atoms with van der Waals surface area (Å²) in [6.07, 6.45) is 5.89. The van der Waals surface area contributed by atoms with Crippen LogP contribution in [-0.4, -0.2) is 16.6 Å². The molecule has 1 aliphatic carbocycles. The maximum Gasteiger partial charge on any atom is 0.217 e. The van der Waals surface area contributed by atoms with Crippen molar-refractivity contribution in [1.82, 2.24) is 0 Å². The highest BCUT2D eigenvalue weighted by molar-refractivity contribution is 5.73. The predicted molar refractivity (Wildman–Crippen MR) is 46.5 cm³/mol. The lowest BCUT2D eigenvalue weighted by atomic mass is 9.82. The van der Waals surface area contributed by atoms with Crippen LogP contribution in [-0.2, 0) is 4.79 Å². The summed E-state index contributed by atoms with van der Waals surface area (Å²) in [4.78, 5) is 10.5. The molecule has 0 saturated heterocycles. The summed E-state index contributed by atoms with van der Waals surface area (Å²) in [5.41, 5.74) is 4.43. The van der Waals surface area contributed by atoms with Crippen molar-refractivity contribution in [3.8, 4) is 0 Å². The zero-order valence-electron chi connectivity index (χ0n) is 7.38. The van der Waals surface area contributed by atoms with Crippen LogP contribution >= 0.6 is 0 Å². The standard InChI is InChI=1S/C9H17NO2/c10-8(11)4-7-9(12)5-2-1-3-6-9/h12H,1-7H2,(H2,10,11). The average Bonchev–Trinajstić information content (AvgIpc) is 2.03. The summed E-state index contributed by atoms with van der Waals surface area (Å²) in [7, 11) is 0. The van der Waals surface area contributed by atoms with Gasteiger partial charge < -0.3 is 10.8 Å². The van der Waals surface area contributed by atoms with Gasteiger partial charge in [-0.1, -0.05) is 19.3 Å². The molecule has 0 bridgehead atoms. The Morgan fingerprint density at radius 1 is 1.33 bits per heavy atom. The largest absolute Gasteiger partial charge is 0.390 e. The third-order valence-electron chi connectivity index (χ3n) is 2.62. The number of carbonyl (C=O) groups is 1. The Kier molecular flexibility index (Phi) is 3.09. The second kappa shape index (κ2) is 3.90. The van der Waals surface area contributed by atoms with Crippen LogP contribution in [0.1, 0.15) is 44.9 Å². The highest BCUT2D eigenvalue weighted by Crippen LogP contribution is 2.31. The van der Waals surface area contributed by atoms with Gasteiger partial charge in [0.2, 0.25) is 5.91 Å². The Hall–Kier alpha value is -0.570. The fraction of sp³-hybridized carbons (Fsp3) is 0.889. The van der Waals surface area contributed by atoms with Crippen molar-refractivity contribution >= 4 is 5.91 Å². The SMILES string of the molecule is NC(=O)CCC1(O)CCCCC1. The molecule has 1 aliphatic rings. The average molecular weight is 171 g/mol. The Morgan fingerprint density at radius 3 is 2.42 bits per heavy atom. The molecule has 0 spiro atoms. The van der Waals surface area contributed by atoms with Gasteiger partial charge in [0, 0.05) is 6.42 Å². The molecule has 3 nitrogen and oxygen atoms in total. The van der Waals surface area contributed by atoms with E-state index in [1.807, 2.05) is 0 Å². The predicted octanol–water partition coefficient (Wildman–Crippen LogP) is 0.947. The number of primary amides is 1. The molecule has 0 aliphatic heterocycles. The minimum absolute atomic E-state index is 0.311. The lowest BCUT2D eigenvalue weighted by Crippen LogP contribution is -2.32. The quantitative estimate of drug-likeness (QED) is 0.664. The van der Waals surface area contributed by atoms with Gasteiger partial charge >= 0.3 is 0 Å². The van der Waals surface area contributed by atoms with E-state index < -0.39 is 5.60 Å². The molecular weight excluding hydrogens is 154 g/mol. The van der Waals surface area contributed by atoms with E-state index >= 15 is 0 Å². The van der Waals surface area contributed by atoms with Gasteiger partial charge in [0.25, 0.3) is 0 Å². The van der Waals surface area contributed by atoms with Gasteiger partial charge in [0.05, 0.1) is 5.60 Å². The van der Waals surface area contributed by atoms with E-state index in [2.05, 4.69) is 0 Å². The van der Waals surface area contributed by atoms with E-state index in [1.54, 1.807) is 0 Å². The highest BCUT2D eigenvalue weighted by Gasteiger charge is 2.28. The van der Waals surface area contributed by atoms with Gasteiger partial charge in [-0.25, -0.2) is 0 Å². The Balaban J connectivity index is 2.31. The summed E-state index contributed by atoms with van der Waals surface area (Å²) in [6.45, 7) is 0. The Bertz CT molecular complexity index is 162. The normalized spacial score (nSPS) is 22.1. The highest BCUT2D eigenvalue weighted by atomic mass is 16.3. The molecule has 0 radical (unpaired) electrons. The number of amides is 1. The van der Waals surface area contributed by atoms with Crippen molar-refractivity contribution in [2.45, 2.75) is 50.5 Å². The molecule has 0 unspecified atom stereocenters. The number of nitrogens with two attached hydrogens (primary N) is 1. The van der Waals surface area contributed by atoms with Crippen molar-refractivity contribution in [2.75, 3.05) is 0 Å². The van der Waals surface area contributed by atoms with E-state index in [1.165, 1.54) is 6.42 Å². The lowest BCUT2D eigenvalue weighted by Gasteiger charge is -2.31. The fourth-order valence-corrected chi connectivity index (χ4v) is 1.82. The van der Waals surface area contributed by atoms with E-state index in [0.29, 0.717) is 12.8 Å². The number of hydrogen-bond donors (Lipinski definition) is 2. The maximum atomic E-state index is 10.5. The minimum atomic E-state index is -0.590. The van der Waals surface area contributed by atoms with Gasteiger partial charge in [-0.2, -0.15) is 0 Å². The second-order valence-corrected chi connectivity index (χ2v) is 3.75. The molecule has 1 saturated carbocycles. The number of rotatable bonds is 3. The summed E-state index contributed by atoms with van der Waals surface area (Å²) >= 11 is 0. The molecule has 0 aromatic heterocycles. The summed E-state index contributed by atoms with van der Waals surface area (Å²) in [5.74, 6) is -0.311. The van der Waals surface area contributed by atoms with E-state index in [0.717, 1.165) is 25.7 Å². The van der Waals surface area contributed by atoms with Crippen molar-refractivity contribution in [3.63, 3.8) is 0 Å². The van der Waals surface area contributed by atoms with Crippen molar-refractivity contribution in [1.29, 1.82) is 0 Å². The van der Waals surface area contributed by atoms with Crippen LogP contribution < -0.4 is 5.73 Å². The topological polar surface area (TPSA) is 63.3 Å². The van der Waals surface area contributed by atoms with Crippen LogP contribution in [0.15, 0.2) is 0 Å². The Morgan fingerprint density at radius 2 is 1.92 bits per heavy atom. The van der Waals surface area contributed by atoms with Gasteiger partial charge in [-0.3, -0.25) is 4.79 Å². The third-order valence-corrected chi connectivity index (χ3v) is 2.62. The molecule has 0 aromatic carbocycles. The zero-order chi connectivity index (χ0) is 9.03. The molecule has 0 heterocycles. The Labute approximate surface area is 72.9 Å². The zero-order valence-corrected chi connectivity index (χ0v) is 7.38. The lowest BCUT2D eigenvalue weighted by molar-refractivity contribution is -0.119. The molecule has 0 aromatic rings. The summed E-state index contributed by atoms with van der Waals surface area (Å²) in [5, 5.41) is 9.91. The molecule has 1 amide bonds. The first-order chi connectivity index (χ1) is 5.62. The van der Waals surface area contributed by atoms with E-state index in [-0.39, 0.29) is 5.91 Å². The molecule has 12 heavy (non-hydrogen) atoms. The molecule has 3 N–H and O–H groups in total. The van der Waals surface area contributed by atoms with Gasteiger partial charge in [-0.05, 0) is 19.3 Å². The van der Waals surface area contributed by atoms with Crippen molar-refractivity contribution in [3.05, 3.63) is 0 Å². The van der Waals surface area contributed by atoms with Crippen molar-refractivity contribution < 1.29 is 9.90 Å². The number of carbonyl (C=O) groups excluding carboxylic acids is 1. The molecule has 3 heteroatoms. The first-order valence-electron chi connectivity index (χ1n) is 4.63. The van der Waals surface area contributed by atoms with Crippen LogP contribution in [0.2, 0.25) is 0 Å². The number of hydrogen-bond acceptors (Lipinski definition) is 2. The van der Waals surface area contributed by atoms with E-state index in [4.69, 9.17) is 5.73 Å². The molecule has 1 fully saturated rings. The first-order valence-corrected chi connectivity index (χ1v) is 4.63. The molecule has 1 rings (SSSR count). The monoisotopic (exact) mass is 171 g/mol. The van der Waals surface area contributed by atoms with Gasteiger partial charge in [-0.15, -0.1) is 0 Å². The third kappa shape index (κ3) is 2.81. The van der Waals surface area contributed by atoms with Crippen LogP contribution in [0.5, 0.6) is 0 Å². The summed E-state index contributed by atoms with van der Waals surface area (Å²) in [6, 6.07) is 0. The second-order valence-electron chi connectivity index (χ2n) is 3.75. The maximum absolute atomic E-state index is 10.5. The summed E-state index contributed by atoms with van der Waals surface area (Å²) < 4.78 is 0. The molecule has 0 atom stereocenters. The van der Waals surface area contributed by atoms with Crippen LogP contribution in [0.25, 0.3) is 0 Å². The van der Waals surface area contributed by atoms with Crippen LogP contribution in [0.3, 0.4) is 0 Å². The van der Waals surface area contributed by atoms with Crippen LogP contribution in [0, 0.1) is 0 Å². The smallest absolute Gasteiger partial charge is 0.217 e. The van der Waals surface area contributed by atoms with Gasteiger partial charge in [0.15, 0.2) is 0 Å². The van der Waals surface area contributed by atoms with Gasteiger partial charge in [0.1, 0.15) is 0 Å².